The van der Waals surface area contributed by atoms with Crippen molar-refractivity contribution in [3.05, 3.63) is 0 Å². The highest BCUT2D eigenvalue weighted by Gasteiger charge is 1.81. The van der Waals surface area contributed by atoms with Crippen LogP contribution in [0.3, 0.4) is 0 Å². The maximum Gasteiger partial charge on any atom is 0.189 e. The van der Waals surface area contributed by atoms with E-state index in [0.29, 0.717) is 0 Å². The standard InChI is InChI=1S/C2H3ClN2O2/c3-2(5-7)1-4-6/h1,6-7H/b4-1+,5-2-. The molecule has 0 unspecified atom stereocenters. The van der Waals surface area contributed by atoms with Gasteiger partial charge in [0.2, 0.25) is 0 Å². The number of rotatable bonds is 1. The normalized spacial score (nSPS) is 13.0. The molecule has 0 aliphatic rings. The Balaban J connectivity index is 3.58. The van der Waals surface area contributed by atoms with Crippen LogP contribution in [0, 0.1) is 0 Å². The second-order valence-electron chi connectivity index (χ2n) is 0.667. The van der Waals surface area contributed by atoms with Crippen molar-refractivity contribution >= 4 is 23.0 Å². The van der Waals surface area contributed by atoms with Gasteiger partial charge in [-0.15, -0.1) is 0 Å². The molecule has 0 rings (SSSR count). The molecule has 0 spiro atoms. The Hall–Kier alpha value is -0.770. The highest BCUT2D eigenvalue weighted by Crippen LogP contribution is 1.76. The van der Waals surface area contributed by atoms with Crippen molar-refractivity contribution in [3.63, 3.8) is 0 Å². The summed E-state index contributed by atoms with van der Waals surface area (Å²) < 4.78 is 0. The summed E-state index contributed by atoms with van der Waals surface area (Å²) in [5.74, 6) is 0. The Bertz CT molecular complexity index is 99.9. The number of nitrogens with zero attached hydrogens (tertiary/aromatic N) is 2. The molecule has 0 amide bonds. The minimum Gasteiger partial charge on any atom is -0.411 e. The quantitative estimate of drug-likeness (QED) is 0.302. The zero-order chi connectivity index (χ0) is 5.70. The molecule has 0 aromatic carbocycles. The molecule has 0 aromatic heterocycles. The topological polar surface area (TPSA) is 65.2 Å². The van der Waals surface area contributed by atoms with Gasteiger partial charge in [0.05, 0.1) is 0 Å². The van der Waals surface area contributed by atoms with Crippen LogP contribution in [0.1, 0.15) is 0 Å². The second-order valence-corrected chi connectivity index (χ2v) is 1.05. The number of hydrogen-bond donors (Lipinski definition) is 2. The van der Waals surface area contributed by atoms with Crippen LogP contribution in [0.4, 0.5) is 0 Å². The summed E-state index contributed by atoms with van der Waals surface area (Å²) in [5, 5.41) is 20.0. The molecule has 40 valence electrons. The average Bonchev–Trinajstić information content (AvgIpc) is 1.68. The molecule has 2 N–H and O–H groups in total. The van der Waals surface area contributed by atoms with Crippen LogP contribution in [-0.4, -0.2) is 21.8 Å². The molecule has 0 aliphatic heterocycles. The molecular formula is C2H3ClN2O2. The van der Waals surface area contributed by atoms with Crippen LogP contribution in [0.25, 0.3) is 0 Å². The predicted molar refractivity (Wildman–Crippen MR) is 25.4 cm³/mol. The summed E-state index contributed by atoms with van der Waals surface area (Å²) >= 11 is 4.96. The molecule has 0 atom stereocenters. The molecule has 7 heavy (non-hydrogen) atoms. The fraction of sp³-hybridized carbons (Fsp3) is 0. The number of oxime groups is 2. The van der Waals surface area contributed by atoms with Crippen molar-refractivity contribution in [1.82, 2.24) is 0 Å². The van der Waals surface area contributed by atoms with Gasteiger partial charge in [0.1, 0.15) is 6.21 Å². The minimum absolute atomic E-state index is 0.262. The van der Waals surface area contributed by atoms with Gasteiger partial charge < -0.3 is 10.4 Å². The first-order valence-electron chi connectivity index (χ1n) is 1.36. The Kier molecular flexibility index (Phi) is 3.04. The van der Waals surface area contributed by atoms with Crippen LogP contribution in [0.15, 0.2) is 10.3 Å². The third kappa shape index (κ3) is 3.05. The average molecular weight is 123 g/mol. The summed E-state index contributed by atoms with van der Waals surface area (Å²) in [7, 11) is 0. The Morgan fingerprint density at radius 3 is 2.29 bits per heavy atom. The van der Waals surface area contributed by atoms with Gasteiger partial charge in [-0.25, -0.2) is 0 Å². The fourth-order valence-corrected chi connectivity index (χ4v) is 0.117. The summed E-state index contributed by atoms with van der Waals surface area (Å²) in [4.78, 5) is 0. The molecule has 0 aliphatic carbocycles. The van der Waals surface area contributed by atoms with Crippen molar-refractivity contribution in [2.45, 2.75) is 0 Å². The molecule has 5 heteroatoms. The lowest BCUT2D eigenvalue weighted by Gasteiger charge is -1.74. The van der Waals surface area contributed by atoms with Crippen molar-refractivity contribution < 1.29 is 10.4 Å². The monoisotopic (exact) mass is 122 g/mol. The Morgan fingerprint density at radius 2 is 2.14 bits per heavy atom. The first-order valence-corrected chi connectivity index (χ1v) is 1.74. The zero-order valence-electron chi connectivity index (χ0n) is 3.24. The third-order valence-corrected chi connectivity index (χ3v) is 0.433. The van der Waals surface area contributed by atoms with Crippen LogP contribution in [0.5, 0.6) is 0 Å². The Labute approximate surface area is 44.7 Å². The SMILES string of the molecule is O/N=C(Cl)/C=N/O. The van der Waals surface area contributed by atoms with Gasteiger partial charge in [-0.05, 0) is 0 Å². The highest BCUT2D eigenvalue weighted by molar-refractivity contribution is 6.79. The molecule has 4 nitrogen and oxygen atoms in total. The van der Waals surface area contributed by atoms with Gasteiger partial charge in [0.15, 0.2) is 5.17 Å². The molecule has 0 saturated heterocycles. The first-order chi connectivity index (χ1) is 3.31. The number of hydrogen-bond acceptors (Lipinski definition) is 4. The van der Waals surface area contributed by atoms with Crippen molar-refractivity contribution in [2.75, 3.05) is 0 Å². The van der Waals surface area contributed by atoms with Crippen molar-refractivity contribution in [2.24, 2.45) is 10.3 Å². The summed E-state index contributed by atoms with van der Waals surface area (Å²) in [6.07, 6.45) is 0.793. The van der Waals surface area contributed by atoms with E-state index in [0.717, 1.165) is 6.21 Å². The lowest BCUT2D eigenvalue weighted by molar-refractivity contribution is 0.317. The van der Waals surface area contributed by atoms with Crippen LogP contribution >= 0.6 is 11.6 Å². The highest BCUT2D eigenvalue weighted by atomic mass is 35.5. The predicted octanol–water partition coefficient (Wildman–Crippen LogP) is 0.473. The first kappa shape index (κ1) is 6.23. The van der Waals surface area contributed by atoms with E-state index >= 15 is 0 Å². The lowest BCUT2D eigenvalue weighted by atomic mass is 10.8. The summed E-state index contributed by atoms with van der Waals surface area (Å²) in [6.45, 7) is 0. The smallest absolute Gasteiger partial charge is 0.189 e. The molecule has 0 radical (unpaired) electrons. The molecule has 0 bridgehead atoms. The second kappa shape index (κ2) is 3.42. The van der Waals surface area contributed by atoms with E-state index in [9.17, 15) is 0 Å². The van der Waals surface area contributed by atoms with E-state index < -0.39 is 0 Å². The summed E-state index contributed by atoms with van der Waals surface area (Å²) in [5.41, 5.74) is 0. The van der Waals surface area contributed by atoms with Crippen LogP contribution in [0.2, 0.25) is 0 Å². The maximum absolute atomic E-state index is 7.72. The Morgan fingerprint density at radius 1 is 1.57 bits per heavy atom. The molecule has 0 saturated carbocycles. The lowest BCUT2D eigenvalue weighted by Crippen LogP contribution is -1.85. The van der Waals surface area contributed by atoms with E-state index in [4.69, 9.17) is 22.0 Å². The van der Waals surface area contributed by atoms with Gasteiger partial charge in [-0.3, -0.25) is 0 Å². The van der Waals surface area contributed by atoms with Gasteiger partial charge in [0, 0.05) is 0 Å². The third-order valence-electron chi connectivity index (χ3n) is 0.260. The van der Waals surface area contributed by atoms with E-state index in [2.05, 4.69) is 10.3 Å². The van der Waals surface area contributed by atoms with Crippen LogP contribution in [-0.2, 0) is 0 Å². The van der Waals surface area contributed by atoms with E-state index in [1.54, 1.807) is 0 Å². The summed E-state index contributed by atoms with van der Waals surface area (Å²) in [6, 6.07) is 0. The van der Waals surface area contributed by atoms with Gasteiger partial charge in [-0.1, -0.05) is 21.9 Å². The zero-order valence-corrected chi connectivity index (χ0v) is 4.00. The largest absolute Gasteiger partial charge is 0.411 e. The maximum atomic E-state index is 7.72. The van der Waals surface area contributed by atoms with Gasteiger partial charge >= 0.3 is 0 Å². The van der Waals surface area contributed by atoms with Crippen molar-refractivity contribution in [1.29, 1.82) is 0 Å². The van der Waals surface area contributed by atoms with Crippen molar-refractivity contribution in [3.8, 4) is 0 Å². The molecule has 0 aromatic rings. The minimum atomic E-state index is -0.262. The van der Waals surface area contributed by atoms with Gasteiger partial charge in [-0.2, -0.15) is 0 Å². The van der Waals surface area contributed by atoms with E-state index in [1.807, 2.05) is 0 Å². The van der Waals surface area contributed by atoms with E-state index in [1.165, 1.54) is 0 Å². The number of halogens is 1. The van der Waals surface area contributed by atoms with Gasteiger partial charge in [0.25, 0.3) is 0 Å². The molecule has 0 heterocycles. The van der Waals surface area contributed by atoms with E-state index in [-0.39, 0.29) is 5.17 Å². The fourth-order valence-electron chi connectivity index (χ4n) is 0.0735. The molecular weight excluding hydrogens is 119 g/mol. The molecule has 0 fully saturated rings. The van der Waals surface area contributed by atoms with Crippen LogP contribution < -0.4 is 0 Å².